The van der Waals surface area contributed by atoms with E-state index < -0.39 is 6.10 Å². The van der Waals surface area contributed by atoms with Crippen molar-refractivity contribution in [2.24, 2.45) is 0 Å². The molecule has 1 aliphatic carbocycles. The number of aliphatic hydroxyl groups is 1. The summed E-state index contributed by atoms with van der Waals surface area (Å²) in [5.74, 6) is -0.0915. The average Bonchev–Trinajstić information content (AvgIpc) is 2.11. The molecule has 0 aliphatic heterocycles. The minimum atomic E-state index is -0.562. The summed E-state index contributed by atoms with van der Waals surface area (Å²) in [6.07, 6.45) is 2.03. The van der Waals surface area contributed by atoms with Crippen LogP contribution in [0.15, 0.2) is 0 Å². The minimum absolute atomic E-state index is 0.0915. The second-order valence-electron chi connectivity index (χ2n) is 3.72. The number of hydrogen-bond acceptors (Lipinski definition) is 3. The third-order valence-corrected chi connectivity index (χ3v) is 2.57. The van der Waals surface area contributed by atoms with Gasteiger partial charge in [-0.2, -0.15) is 0 Å². The van der Waals surface area contributed by atoms with Crippen LogP contribution in [0, 0.1) is 0 Å². The highest BCUT2D eigenvalue weighted by molar-refractivity contribution is 5.73. The molecule has 1 rings (SSSR count). The van der Waals surface area contributed by atoms with Crippen LogP contribution in [-0.4, -0.2) is 35.9 Å². The molecule has 0 bridgehead atoms. The Morgan fingerprint density at radius 3 is 2.86 bits per heavy atom. The molecule has 0 spiro atoms. The van der Waals surface area contributed by atoms with Gasteiger partial charge in [-0.15, -0.1) is 0 Å². The molecular formula is C10H19NO3. The Morgan fingerprint density at radius 2 is 2.29 bits per heavy atom. The highest BCUT2D eigenvalue weighted by Gasteiger charge is 2.32. The van der Waals surface area contributed by atoms with E-state index in [0.717, 1.165) is 19.3 Å². The molecule has 1 fully saturated rings. The number of ether oxygens (including phenoxy) is 1. The van der Waals surface area contributed by atoms with E-state index >= 15 is 0 Å². The van der Waals surface area contributed by atoms with Crippen molar-refractivity contribution in [2.75, 3.05) is 6.61 Å². The summed E-state index contributed by atoms with van der Waals surface area (Å²) in [7, 11) is 0. The van der Waals surface area contributed by atoms with Gasteiger partial charge in [-0.05, 0) is 26.2 Å². The predicted octanol–water partition coefficient (Wildman–Crippen LogP) is 0.441. The van der Waals surface area contributed by atoms with Gasteiger partial charge in [0.1, 0.15) is 6.10 Å². The SMILES string of the molecule is CCO[C@@H]1CCC[C@@H](NC(C)=O)[C@@H]1O. The van der Waals surface area contributed by atoms with Crippen molar-refractivity contribution in [3.63, 3.8) is 0 Å². The molecule has 0 radical (unpaired) electrons. The normalized spacial score (nSPS) is 32.6. The number of aliphatic hydroxyl groups excluding tert-OH is 1. The lowest BCUT2D eigenvalue weighted by atomic mass is 9.90. The van der Waals surface area contributed by atoms with Crippen molar-refractivity contribution in [3.05, 3.63) is 0 Å². The van der Waals surface area contributed by atoms with Gasteiger partial charge < -0.3 is 15.2 Å². The van der Waals surface area contributed by atoms with Crippen LogP contribution < -0.4 is 5.32 Å². The van der Waals surface area contributed by atoms with E-state index in [2.05, 4.69) is 5.32 Å². The summed E-state index contributed by atoms with van der Waals surface area (Å²) < 4.78 is 5.41. The van der Waals surface area contributed by atoms with Gasteiger partial charge in [-0.1, -0.05) is 0 Å². The highest BCUT2D eigenvalue weighted by atomic mass is 16.5. The van der Waals surface area contributed by atoms with Crippen molar-refractivity contribution >= 4 is 5.91 Å². The van der Waals surface area contributed by atoms with Crippen LogP contribution in [0.5, 0.6) is 0 Å². The Bertz CT molecular complexity index is 194. The largest absolute Gasteiger partial charge is 0.388 e. The summed E-state index contributed by atoms with van der Waals surface area (Å²) in [6, 6.07) is -0.141. The predicted molar refractivity (Wildman–Crippen MR) is 52.9 cm³/mol. The van der Waals surface area contributed by atoms with Crippen molar-refractivity contribution < 1.29 is 14.6 Å². The van der Waals surface area contributed by atoms with E-state index in [1.165, 1.54) is 6.92 Å². The van der Waals surface area contributed by atoms with Gasteiger partial charge >= 0.3 is 0 Å². The summed E-state index contributed by atoms with van der Waals surface area (Å²) in [5.41, 5.74) is 0. The first-order chi connectivity index (χ1) is 6.65. The van der Waals surface area contributed by atoms with Gasteiger partial charge in [0, 0.05) is 13.5 Å². The number of hydrogen-bond donors (Lipinski definition) is 2. The molecule has 0 aromatic carbocycles. The van der Waals surface area contributed by atoms with Crippen molar-refractivity contribution in [1.82, 2.24) is 5.32 Å². The number of rotatable bonds is 3. The molecule has 1 saturated carbocycles. The molecule has 0 unspecified atom stereocenters. The van der Waals surface area contributed by atoms with Gasteiger partial charge in [-0.3, -0.25) is 4.79 Å². The maximum absolute atomic E-state index is 10.9. The van der Waals surface area contributed by atoms with Gasteiger partial charge in [0.15, 0.2) is 0 Å². The first-order valence-electron chi connectivity index (χ1n) is 5.22. The molecule has 0 heterocycles. The molecule has 4 nitrogen and oxygen atoms in total. The quantitative estimate of drug-likeness (QED) is 0.696. The minimum Gasteiger partial charge on any atom is -0.388 e. The zero-order valence-electron chi connectivity index (χ0n) is 8.82. The first kappa shape index (κ1) is 11.5. The van der Waals surface area contributed by atoms with E-state index in [4.69, 9.17) is 4.74 Å². The Labute approximate surface area is 84.6 Å². The summed E-state index contributed by atoms with van der Waals surface area (Å²) in [5, 5.41) is 12.6. The molecule has 2 N–H and O–H groups in total. The van der Waals surface area contributed by atoms with E-state index in [1.807, 2.05) is 6.92 Å². The van der Waals surface area contributed by atoms with E-state index in [-0.39, 0.29) is 18.1 Å². The monoisotopic (exact) mass is 201 g/mol. The van der Waals surface area contributed by atoms with Crippen molar-refractivity contribution in [3.8, 4) is 0 Å². The molecule has 0 saturated heterocycles. The fourth-order valence-corrected chi connectivity index (χ4v) is 1.95. The maximum atomic E-state index is 10.9. The third-order valence-electron chi connectivity index (χ3n) is 2.57. The Hall–Kier alpha value is -0.610. The lowest BCUT2D eigenvalue weighted by Crippen LogP contribution is -2.51. The maximum Gasteiger partial charge on any atom is 0.217 e. The average molecular weight is 201 g/mol. The fourth-order valence-electron chi connectivity index (χ4n) is 1.95. The Kier molecular flexibility index (Phi) is 4.35. The summed E-state index contributed by atoms with van der Waals surface area (Å²) in [6.45, 7) is 3.99. The van der Waals surface area contributed by atoms with E-state index in [0.29, 0.717) is 6.61 Å². The zero-order chi connectivity index (χ0) is 10.6. The van der Waals surface area contributed by atoms with Gasteiger partial charge in [0.05, 0.1) is 12.1 Å². The van der Waals surface area contributed by atoms with Crippen molar-refractivity contribution in [2.45, 2.75) is 51.4 Å². The lowest BCUT2D eigenvalue weighted by molar-refractivity contribution is -0.123. The van der Waals surface area contributed by atoms with Crippen LogP contribution >= 0.6 is 0 Å². The smallest absolute Gasteiger partial charge is 0.217 e. The van der Waals surface area contributed by atoms with Crippen LogP contribution in [0.2, 0.25) is 0 Å². The van der Waals surface area contributed by atoms with Gasteiger partial charge in [0.2, 0.25) is 5.91 Å². The third kappa shape index (κ3) is 2.96. The Balaban J connectivity index is 2.47. The van der Waals surface area contributed by atoms with Gasteiger partial charge in [0.25, 0.3) is 0 Å². The summed E-state index contributed by atoms with van der Waals surface area (Å²) in [4.78, 5) is 10.9. The molecule has 3 atom stereocenters. The van der Waals surface area contributed by atoms with Crippen LogP contribution in [0.4, 0.5) is 0 Å². The lowest BCUT2D eigenvalue weighted by Gasteiger charge is -2.34. The standard InChI is InChI=1S/C10H19NO3/c1-3-14-9-6-4-5-8(10(9)13)11-7(2)12/h8-10,13H,3-6H2,1-2H3,(H,11,12)/t8-,9-,10+/m1/s1. The molecule has 1 aliphatic rings. The molecule has 0 aromatic heterocycles. The highest BCUT2D eigenvalue weighted by Crippen LogP contribution is 2.21. The number of nitrogens with one attached hydrogen (secondary N) is 1. The van der Waals surface area contributed by atoms with E-state index in [1.54, 1.807) is 0 Å². The van der Waals surface area contributed by atoms with Crippen molar-refractivity contribution in [1.29, 1.82) is 0 Å². The first-order valence-corrected chi connectivity index (χ1v) is 5.22. The van der Waals surface area contributed by atoms with E-state index in [9.17, 15) is 9.90 Å². The number of carbonyl (C=O) groups excluding carboxylic acids is 1. The zero-order valence-corrected chi connectivity index (χ0v) is 8.82. The van der Waals surface area contributed by atoms with Crippen LogP contribution in [-0.2, 0) is 9.53 Å². The molecule has 4 heteroatoms. The summed E-state index contributed by atoms with van der Waals surface area (Å²) >= 11 is 0. The molecular weight excluding hydrogens is 182 g/mol. The van der Waals surface area contributed by atoms with Crippen LogP contribution in [0.3, 0.4) is 0 Å². The molecule has 14 heavy (non-hydrogen) atoms. The molecule has 82 valence electrons. The fraction of sp³-hybridized carbons (Fsp3) is 0.900. The molecule has 1 amide bonds. The topological polar surface area (TPSA) is 58.6 Å². The van der Waals surface area contributed by atoms with Crippen LogP contribution in [0.1, 0.15) is 33.1 Å². The second kappa shape index (κ2) is 5.32. The van der Waals surface area contributed by atoms with Gasteiger partial charge in [-0.25, -0.2) is 0 Å². The number of carbonyl (C=O) groups is 1. The Morgan fingerprint density at radius 1 is 1.57 bits per heavy atom. The molecule has 0 aromatic rings. The number of amides is 1. The second-order valence-corrected chi connectivity index (χ2v) is 3.72. The van der Waals surface area contributed by atoms with Crippen LogP contribution in [0.25, 0.3) is 0 Å².